The van der Waals surface area contributed by atoms with Gasteiger partial charge in [0.1, 0.15) is 5.52 Å². The fourth-order valence-corrected chi connectivity index (χ4v) is 2.88. The highest BCUT2D eigenvalue weighted by molar-refractivity contribution is 9.10. The Hall–Kier alpha value is -2.86. The number of imidazole rings is 1. The van der Waals surface area contributed by atoms with Crippen LogP contribution in [0, 0.1) is 0 Å². The fraction of sp³-hybridized carbons (Fsp3) is 0. The third-order valence-corrected chi connectivity index (χ3v) is 4.33. The first-order valence-corrected chi connectivity index (χ1v) is 8.10. The summed E-state index contributed by atoms with van der Waals surface area (Å²) < 4.78 is 6.18. The molecule has 2 N–H and O–H groups in total. The number of nitrogens with one attached hydrogen (secondary N) is 2. The number of aromatic amines is 1. The summed E-state index contributed by atoms with van der Waals surface area (Å²) in [4.78, 5) is 20.4. The van der Waals surface area contributed by atoms with Gasteiger partial charge in [0.05, 0.1) is 23.0 Å². The van der Waals surface area contributed by atoms with Gasteiger partial charge in [0, 0.05) is 4.47 Å². The van der Waals surface area contributed by atoms with Crippen LogP contribution < -0.4 is 5.32 Å². The molecular formula is C18H12BrN3O2. The van der Waals surface area contributed by atoms with E-state index in [0.29, 0.717) is 28.4 Å². The Bertz CT molecular complexity index is 1020. The number of amides is 1. The molecular weight excluding hydrogens is 370 g/mol. The average molecular weight is 382 g/mol. The third kappa shape index (κ3) is 2.61. The van der Waals surface area contributed by atoms with Crippen molar-refractivity contribution in [3.63, 3.8) is 0 Å². The van der Waals surface area contributed by atoms with Crippen molar-refractivity contribution in [2.45, 2.75) is 0 Å². The van der Waals surface area contributed by atoms with Gasteiger partial charge in [-0.15, -0.1) is 0 Å². The Morgan fingerprint density at radius 3 is 2.75 bits per heavy atom. The zero-order chi connectivity index (χ0) is 16.5. The van der Waals surface area contributed by atoms with Gasteiger partial charge in [0.2, 0.25) is 0 Å². The molecule has 118 valence electrons. The van der Waals surface area contributed by atoms with Gasteiger partial charge in [0.25, 0.3) is 5.91 Å². The lowest BCUT2D eigenvalue weighted by Crippen LogP contribution is -2.12. The molecule has 2 aromatic heterocycles. The van der Waals surface area contributed by atoms with E-state index in [1.807, 2.05) is 42.5 Å². The highest BCUT2D eigenvalue weighted by atomic mass is 79.9. The van der Waals surface area contributed by atoms with Crippen molar-refractivity contribution < 1.29 is 9.21 Å². The Labute approximate surface area is 145 Å². The molecule has 0 fully saturated rings. The third-order valence-electron chi connectivity index (χ3n) is 3.63. The number of hydrogen-bond acceptors (Lipinski definition) is 3. The van der Waals surface area contributed by atoms with Crippen LogP contribution >= 0.6 is 15.9 Å². The van der Waals surface area contributed by atoms with E-state index in [9.17, 15) is 4.79 Å². The minimum absolute atomic E-state index is 0.218. The molecule has 0 unspecified atom stereocenters. The number of anilines is 1. The molecule has 0 radical (unpaired) electrons. The molecule has 0 aliphatic carbocycles. The van der Waals surface area contributed by atoms with Crippen LogP contribution in [0.2, 0.25) is 0 Å². The highest BCUT2D eigenvalue weighted by Crippen LogP contribution is 2.25. The van der Waals surface area contributed by atoms with Crippen LogP contribution in [0.5, 0.6) is 0 Å². The summed E-state index contributed by atoms with van der Waals surface area (Å²) in [5, 5.41) is 2.90. The summed E-state index contributed by atoms with van der Waals surface area (Å²) in [6.07, 6.45) is 1.59. The SMILES string of the molecule is O=C(Nc1ccccc1Br)c1cccc2[nH]c(-c3ccco3)nc12. The molecule has 0 aliphatic rings. The number of benzene rings is 2. The second-order valence-electron chi connectivity index (χ2n) is 5.20. The minimum atomic E-state index is -0.218. The van der Waals surface area contributed by atoms with Crippen molar-refractivity contribution in [2.75, 3.05) is 5.32 Å². The van der Waals surface area contributed by atoms with Gasteiger partial charge in [-0.05, 0) is 52.3 Å². The maximum absolute atomic E-state index is 12.7. The molecule has 6 heteroatoms. The summed E-state index contributed by atoms with van der Waals surface area (Å²) in [6.45, 7) is 0. The topological polar surface area (TPSA) is 70.9 Å². The number of nitrogens with zero attached hydrogens (tertiary/aromatic N) is 1. The number of halogens is 1. The predicted octanol–water partition coefficient (Wildman–Crippen LogP) is 4.84. The van der Waals surface area contributed by atoms with Gasteiger partial charge in [0.15, 0.2) is 11.6 Å². The molecule has 0 aliphatic heterocycles. The van der Waals surface area contributed by atoms with E-state index in [1.165, 1.54) is 0 Å². The van der Waals surface area contributed by atoms with Crippen LogP contribution in [0.25, 0.3) is 22.6 Å². The highest BCUT2D eigenvalue weighted by Gasteiger charge is 2.16. The molecule has 0 bridgehead atoms. The van der Waals surface area contributed by atoms with Gasteiger partial charge in [-0.1, -0.05) is 18.2 Å². The Morgan fingerprint density at radius 2 is 1.96 bits per heavy atom. The number of hydrogen-bond donors (Lipinski definition) is 2. The first-order chi connectivity index (χ1) is 11.7. The molecule has 0 spiro atoms. The second kappa shape index (κ2) is 5.98. The first-order valence-electron chi connectivity index (χ1n) is 7.31. The molecule has 5 nitrogen and oxygen atoms in total. The zero-order valence-electron chi connectivity index (χ0n) is 12.4. The van der Waals surface area contributed by atoms with E-state index in [4.69, 9.17) is 4.42 Å². The Balaban J connectivity index is 1.74. The average Bonchev–Trinajstić information content (AvgIpc) is 3.25. The van der Waals surface area contributed by atoms with Crippen molar-refractivity contribution in [1.82, 2.24) is 9.97 Å². The van der Waals surface area contributed by atoms with Crippen LogP contribution in [0.4, 0.5) is 5.69 Å². The van der Waals surface area contributed by atoms with Gasteiger partial charge in [-0.2, -0.15) is 0 Å². The molecule has 0 atom stereocenters. The first kappa shape index (κ1) is 14.7. The number of furan rings is 1. The van der Waals surface area contributed by atoms with E-state index in [-0.39, 0.29) is 5.91 Å². The normalized spacial score (nSPS) is 10.9. The van der Waals surface area contributed by atoms with Gasteiger partial charge < -0.3 is 14.7 Å². The molecule has 24 heavy (non-hydrogen) atoms. The Morgan fingerprint density at radius 1 is 1.08 bits per heavy atom. The van der Waals surface area contributed by atoms with Crippen molar-refractivity contribution in [3.05, 3.63) is 70.9 Å². The van der Waals surface area contributed by atoms with Crippen LogP contribution in [-0.4, -0.2) is 15.9 Å². The second-order valence-corrected chi connectivity index (χ2v) is 6.05. The number of aromatic nitrogens is 2. The zero-order valence-corrected chi connectivity index (χ0v) is 14.0. The lowest BCUT2D eigenvalue weighted by Gasteiger charge is -2.07. The fourth-order valence-electron chi connectivity index (χ4n) is 2.50. The molecule has 1 amide bonds. The van der Waals surface area contributed by atoms with Crippen molar-refractivity contribution in [3.8, 4) is 11.6 Å². The summed E-state index contributed by atoms with van der Waals surface area (Å²) in [7, 11) is 0. The molecule has 2 aromatic carbocycles. The maximum atomic E-state index is 12.7. The van der Waals surface area contributed by atoms with Crippen molar-refractivity contribution in [2.24, 2.45) is 0 Å². The number of carbonyl (C=O) groups excluding carboxylic acids is 1. The summed E-state index contributed by atoms with van der Waals surface area (Å²) in [6, 6.07) is 16.5. The minimum Gasteiger partial charge on any atom is -0.461 e. The van der Waals surface area contributed by atoms with Gasteiger partial charge in [-0.25, -0.2) is 4.98 Å². The monoisotopic (exact) mass is 381 g/mol. The number of para-hydroxylation sites is 2. The maximum Gasteiger partial charge on any atom is 0.257 e. The quantitative estimate of drug-likeness (QED) is 0.533. The summed E-state index contributed by atoms with van der Waals surface area (Å²) in [5.41, 5.74) is 2.59. The molecule has 0 saturated carbocycles. The van der Waals surface area contributed by atoms with Crippen molar-refractivity contribution >= 4 is 38.6 Å². The predicted molar refractivity (Wildman–Crippen MR) is 95.9 cm³/mol. The number of carbonyl (C=O) groups is 1. The number of fused-ring (bicyclic) bond motifs is 1. The standard InChI is InChI=1S/C18H12BrN3O2/c19-12-6-1-2-7-13(12)21-18(23)11-5-3-8-14-16(11)22-17(20-14)15-9-4-10-24-15/h1-10H,(H,20,22)(H,21,23). The molecule has 0 saturated heterocycles. The van der Waals surface area contributed by atoms with E-state index < -0.39 is 0 Å². The molecule has 4 rings (SSSR count). The largest absolute Gasteiger partial charge is 0.461 e. The lowest BCUT2D eigenvalue weighted by atomic mass is 10.1. The number of H-pyrrole nitrogens is 1. The van der Waals surface area contributed by atoms with E-state index >= 15 is 0 Å². The van der Waals surface area contributed by atoms with E-state index in [0.717, 1.165) is 9.99 Å². The smallest absolute Gasteiger partial charge is 0.257 e. The number of rotatable bonds is 3. The van der Waals surface area contributed by atoms with Crippen LogP contribution in [0.15, 0.2) is 69.8 Å². The van der Waals surface area contributed by atoms with Gasteiger partial charge >= 0.3 is 0 Å². The lowest BCUT2D eigenvalue weighted by molar-refractivity contribution is 0.102. The van der Waals surface area contributed by atoms with Crippen LogP contribution in [-0.2, 0) is 0 Å². The van der Waals surface area contributed by atoms with Crippen molar-refractivity contribution in [1.29, 1.82) is 0 Å². The molecule has 2 heterocycles. The molecule has 4 aromatic rings. The van der Waals surface area contributed by atoms with Crippen LogP contribution in [0.3, 0.4) is 0 Å². The Kier molecular flexibility index (Phi) is 3.66. The van der Waals surface area contributed by atoms with E-state index in [2.05, 4.69) is 31.2 Å². The summed E-state index contributed by atoms with van der Waals surface area (Å²) >= 11 is 3.43. The van der Waals surface area contributed by atoms with Gasteiger partial charge in [-0.3, -0.25) is 4.79 Å². The summed E-state index contributed by atoms with van der Waals surface area (Å²) in [5.74, 6) is 1.00. The van der Waals surface area contributed by atoms with E-state index in [1.54, 1.807) is 18.4 Å². The van der Waals surface area contributed by atoms with Crippen LogP contribution in [0.1, 0.15) is 10.4 Å².